The van der Waals surface area contributed by atoms with Gasteiger partial charge in [-0.15, -0.1) is 0 Å². The standard InChI is InChI=1S/C85H104N8O25/c1-49(2)76(92-68(99)26-25-66(97)87-31-33-113-35-37-115-39-38-114-36-34-112-32-28-67(98)90-45-50(3)82(107)88-30-27-69(100)93-46-56-14-7-6-12-54(56)23-24-55-13-8-9-17-61(55)93)83(108)91-60(16-11-29-89-84(86)109)62(95)40-52-19-21-53(22-20-52)48-116-70(101)41-57-42-71(117-51(4)77(57)102)118-64-44-85(110,65(96)47-94)43-59-73(64)81(106)75-74(79(59)104)78(103)58-15-10-18-63(111-5)72(58)80(75)105/h6-10,12-15,17-22,49-51,57,60,64,71,76-77,94,102,104,106,110H,11,16,25-48H2,1-5H3,(H,87,97)(H,88,107)(H,90,98)(H,91,108)(H,92,99)(H3,86,89,109)/t50?,51-,57-,60?,64-,71-,76-,77+,85-/m0/s1. The summed E-state index contributed by atoms with van der Waals surface area (Å²) in [5.41, 5.74) is 5.11. The van der Waals surface area contributed by atoms with Gasteiger partial charge in [-0.05, 0) is 66.6 Å². The second-order valence-corrected chi connectivity index (χ2v) is 29.6. The summed E-state index contributed by atoms with van der Waals surface area (Å²) in [6.45, 7) is 7.88. The van der Waals surface area contributed by atoms with Crippen molar-refractivity contribution in [2.24, 2.45) is 23.5 Å². The molecule has 5 aromatic rings. The van der Waals surface area contributed by atoms with E-state index in [0.29, 0.717) is 23.4 Å². The van der Waals surface area contributed by atoms with Crippen LogP contribution in [0, 0.1) is 29.6 Å². The molecule has 118 heavy (non-hydrogen) atoms. The summed E-state index contributed by atoms with van der Waals surface area (Å²) in [5.74, 6) is -3.44. The summed E-state index contributed by atoms with van der Waals surface area (Å²) in [5, 5.41) is 72.8. The highest BCUT2D eigenvalue weighted by Crippen LogP contribution is 2.53. The first-order valence-corrected chi connectivity index (χ1v) is 39.3. The maximum absolute atomic E-state index is 14.1. The molecule has 5 aromatic carbocycles. The summed E-state index contributed by atoms with van der Waals surface area (Å²) >= 11 is 0. The number of nitrogens with zero attached hydrogens (tertiary/aromatic N) is 1. The number of phenols is 2. The summed E-state index contributed by atoms with van der Waals surface area (Å²) in [4.78, 5) is 160. The normalized spacial score (nSPS) is 18.4. The van der Waals surface area contributed by atoms with Gasteiger partial charge < -0.3 is 106 Å². The van der Waals surface area contributed by atoms with Crippen LogP contribution in [-0.4, -0.2) is 225 Å². The van der Waals surface area contributed by atoms with E-state index in [0.717, 1.165) is 16.7 Å². The lowest BCUT2D eigenvalue weighted by Crippen LogP contribution is -2.54. The number of nitrogens with two attached hydrogens (primary N) is 1. The van der Waals surface area contributed by atoms with E-state index in [2.05, 4.69) is 43.7 Å². The lowest BCUT2D eigenvalue weighted by molar-refractivity contribution is -0.257. The number of aliphatic hydroxyl groups is 3. The fraction of sp³-hybridized carbons (Fsp3) is 0.482. The summed E-state index contributed by atoms with van der Waals surface area (Å²) in [6, 6.07) is 22.9. The van der Waals surface area contributed by atoms with Gasteiger partial charge in [0.25, 0.3) is 0 Å². The number of carbonyl (C=O) groups is 12. The molecule has 2 aliphatic carbocycles. The highest BCUT2D eigenvalue weighted by molar-refractivity contribution is 6.31. The average Bonchev–Trinajstić information content (AvgIpc) is 0.709. The van der Waals surface area contributed by atoms with E-state index < -0.39 is 155 Å². The number of anilines is 1. The Bertz CT molecular complexity index is 4520. The first kappa shape index (κ1) is 90.8. The van der Waals surface area contributed by atoms with E-state index in [1.54, 1.807) is 49.9 Å². The number of hydrogen-bond acceptors (Lipinski definition) is 25. The van der Waals surface area contributed by atoms with Crippen LogP contribution in [0.2, 0.25) is 0 Å². The molecule has 0 bridgehead atoms. The Labute approximate surface area is 682 Å². The molecule has 634 valence electrons. The van der Waals surface area contributed by atoms with Crippen molar-refractivity contribution in [3.05, 3.63) is 152 Å². The number of nitrogens with one attached hydrogen (secondary N) is 6. The number of carbonyl (C=O) groups excluding carboxylic acids is 12. The minimum Gasteiger partial charge on any atom is -0.507 e. The summed E-state index contributed by atoms with van der Waals surface area (Å²) in [6.07, 6.45) is -7.17. The quantitative estimate of drug-likeness (QED) is 0.0113. The molecule has 1 saturated heterocycles. The monoisotopic (exact) mass is 1640 g/mol. The van der Waals surface area contributed by atoms with E-state index >= 15 is 0 Å². The number of hydrogen-bond donors (Lipinski definition) is 12. The third-order valence-corrected chi connectivity index (χ3v) is 20.7. The maximum atomic E-state index is 14.1. The predicted molar refractivity (Wildman–Crippen MR) is 422 cm³/mol. The van der Waals surface area contributed by atoms with E-state index in [4.69, 9.17) is 43.6 Å². The third kappa shape index (κ3) is 24.8. The molecule has 33 heteroatoms. The molecule has 1 fully saturated rings. The molecule has 0 saturated carbocycles. The predicted octanol–water partition coefficient (Wildman–Crippen LogP) is 3.17. The van der Waals surface area contributed by atoms with Crippen LogP contribution in [0.1, 0.15) is 162 Å². The molecule has 2 unspecified atom stereocenters. The van der Waals surface area contributed by atoms with E-state index in [-0.39, 0.29) is 189 Å². The largest absolute Gasteiger partial charge is 0.507 e. The van der Waals surface area contributed by atoms with Crippen LogP contribution >= 0.6 is 0 Å². The van der Waals surface area contributed by atoms with E-state index in [1.165, 1.54) is 32.2 Å². The smallest absolute Gasteiger partial charge is 0.312 e. The first-order chi connectivity index (χ1) is 56.6. The Morgan fingerprint density at radius 2 is 1.32 bits per heavy atom. The number of phenolic OH excluding ortho intramolecular Hbond substituents is 2. The Kier molecular flexibility index (Phi) is 33.8. The summed E-state index contributed by atoms with van der Waals surface area (Å²) in [7, 11) is 1.28. The third-order valence-electron chi connectivity index (χ3n) is 20.7. The number of esters is 1. The van der Waals surface area contributed by atoms with Crippen LogP contribution in [0.25, 0.3) is 0 Å². The van der Waals surface area contributed by atoms with Gasteiger partial charge in [0.1, 0.15) is 42.1 Å². The molecular formula is C85H104N8O25. The number of fused-ring (bicyclic) bond motifs is 5. The Balaban J connectivity index is 0.624. The molecule has 9 rings (SSSR count). The van der Waals surface area contributed by atoms with E-state index in [1.807, 2.05) is 48.5 Å². The molecule has 0 radical (unpaired) electrons. The number of urea groups is 1. The van der Waals surface area contributed by atoms with Crippen molar-refractivity contribution in [3.63, 3.8) is 0 Å². The van der Waals surface area contributed by atoms with Gasteiger partial charge in [-0.2, -0.15) is 0 Å². The van der Waals surface area contributed by atoms with Gasteiger partial charge in [-0.25, -0.2) is 4.79 Å². The minimum absolute atomic E-state index is 0.0193. The van der Waals surface area contributed by atoms with Crippen molar-refractivity contribution in [3.8, 4) is 29.1 Å². The number of primary amides is 1. The number of Topliss-reactive ketones (excluding diaryl/α,β-unsaturated/α-hetero) is 2. The number of amides is 8. The molecule has 13 N–H and O–H groups in total. The van der Waals surface area contributed by atoms with Crippen LogP contribution in [0.3, 0.4) is 0 Å². The molecule has 8 amide bonds. The minimum atomic E-state index is -2.42. The van der Waals surface area contributed by atoms with Crippen LogP contribution in [0.5, 0.6) is 17.2 Å². The molecule has 2 heterocycles. The Morgan fingerprint density at radius 3 is 2.02 bits per heavy atom. The molecule has 33 nitrogen and oxygen atoms in total. The molecular weight excluding hydrogens is 1530 g/mol. The average molecular weight is 1640 g/mol. The van der Waals surface area contributed by atoms with Crippen LogP contribution in [0.4, 0.5) is 10.5 Å². The van der Waals surface area contributed by atoms with Crippen molar-refractivity contribution >= 4 is 76.3 Å². The fourth-order valence-corrected chi connectivity index (χ4v) is 14.2. The lowest BCUT2D eigenvalue weighted by atomic mass is 9.72. The van der Waals surface area contributed by atoms with Crippen molar-refractivity contribution in [1.82, 2.24) is 31.9 Å². The van der Waals surface area contributed by atoms with Gasteiger partial charge in [0.15, 0.2) is 23.6 Å². The van der Waals surface area contributed by atoms with Gasteiger partial charge in [0.05, 0.1) is 126 Å². The van der Waals surface area contributed by atoms with Gasteiger partial charge in [-0.3, -0.25) is 52.7 Å². The molecule has 9 atom stereocenters. The lowest BCUT2D eigenvalue weighted by Gasteiger charge is -2.42. The number of rotatable bonds is 44. The van der Waals surface area contributed by atoms with Crippen molar-refractivity contribution in [2.75, 3.05) is 97.7 Å². The van der Waals surface area contributed by atoms with Crippen LogP contribution in [-0.2, 0) is 102 Å². The number of aliphatic hydroxyl groups excluding tert-OH is 2. The van der Waals surface area contributed by atoms with Crippen LogP contribution in [0.15, 0.2) is 91.0 Å². The summed E-state index contributed by atoms with van der Waals surface area (Å²) < 4.78 is 45.4. The van der Waals surface area contributed by atoms with Crippen molar-refractivity contribution < 1.29 is 121 Å². The van der Waals surface area contributed by atoms with Crippen molar-refractivity contribution in [2.45, 2.75) is 154 Å². The highest BCUT2D eigenvalue weighted by Gasteiger charge is 2.51. The van der Waals surface area contributed by atoms with Crippen LogP contribution < -0.4 is 47.3 Å². The second kappa shape index (κ2) is 43.9. The number of aromatic hydroxyl groups is 2. The zero-order valence-corrected chi connectivity index (χ0v) is 66.7. The number of benzene rings is 5. The van der Waals surface area contributed by atoms with Gasteiger partial charge in [0, 0.05) is 111 Å². The second-order valence-electron chi connectivity index (χ2n) is 29.6. The SMILES string of the molecule is COc1cccc2c1C(=O)c1c(O)c3c(c(O)c1C2=O)C[C@@](O)(C(=O)CO)C[C@@H]3O[C@H]1C[C@H](CC(=O)OCc2ccc(CC(=O)C(CCCNC(N)=O)NC(=O)[C@@H](NC(=O)CCC(=O)NCCOCCOCCOCCOCCC(=O)NCC(C)C(=O)NCCC(=O)N3Cc4ccccc4C#Cc4ccccc43)C(C)C)cc2)[C@H](O)[C@H](C)O1. The fourth-order valence-electron chi connectivity index (χ4n) is 14.2. The molecule has 0 aromatic heterocycles. The van der Waals surface area contributed by atoms with Gasteiger partial charge >= 0.3 is 12.0 Å². The first-order valence-electron chi connectivity index (χ1n) is 39.3. The highest BCUT2D eigenvalue weighted by atomic mass is 16.7. The Hall–Kier alpha value is -11.1. The zero-order valence-electron chi connectivity index (χ0n) is 66.7. The maximum Gasteiger partial charge on any atom is 0.312 e. The van der Waals surface area contributed by atoms with E-state index in [9.17, 15) is 83.1 Å². The number of ketones is 4. The molecule has 2 aliphatic heterocycles. The number of para-hydroxylation sites is 1. The topological polar surface area (TPSA) is 481 Å². The number of ether oxygens (including phenoxy) is 8. The zero-order chi connectivity index (χ0) is 85.2. The Morgan fingerprint density at radius 1 is 0.678 bits per heavy atom. The van der Waals surface area contributed by atoms with Gasteiger partial charge in [-0.1, -0.05) is 99.3 Å². The van der Waals surface area contributed by atoms with Crippen molar-refractivity contribution in [1.29, 1.82) is 0 Å². The van der Waals surface area contributed by atoms with Gasteiger partial charge in [0.2, 0.25) is 41.2 Å². The molecule has 4 aliphatic rings. The number of methoxy groups -OCH3 is 1. The molecule has 0 spiro atoms.